The Bertz CT molecular complexity index is 311. The van der Waals surface area contributed by atoms with Crippen molar-refractivity contribution in [2.75, 3.05) is 20.3 Å². The van der Waals surface area contributed by atoms with Gasteiger partial charge in [0.2, 0.25) is 0 Å². The third-order valence-corrected chi connectivity index (χ3v) is 2.77. The Morgan fingerprint density at radius 3 is 2.56 bits per heavy atom. The number of methoxy groups -OCH3 is 1. The van der Waals surface area contributed by atoms with Gasteiger partial charge in [0.15, 0.2) is 0 Å². The van der Waals surface area contributed by atoms with Crippen LogP contribution in [0.25, 0.3) is 0 Å². The summed E-state index contributed by atoms with van der Waals surface area (Å²) in [5.41, 5.74) is 1.27. The van der Waals surface area contributed by atoms with Crippen LogP contribution in [0.3, 0.4) is 0 Å². The lowest BCUT2D eigenvalue weighted by atomic mass is 10.2. The molecular formula is C15H25NO2. The lowest BCUT2D eigenvalue weighted by Crippen LogP contribution is -2.18. The number of benzene rings is 1. The Hall–Kier alpha value is -1.06. The van der Waals surface area contributed by atoms with Crippen LogP contribution in [-0.4, -0.2) is 26.4 Å². The van der Waals surface area contributed by atoms with Crippen LogP contribution >= 0.6 is 0 Å². The number of ether oxygens (including phenoxy) is 2. The molecule has 0 aliphatic heterocycles. The molecule has 0 radical (unpaired) electrons. The summed E-state index contributed by atoms with van der Waals surface area (Å²) >= 11 is 0. The minimum atomic E-state index is 0.292. The topological polar surface area (TPSA) is 30.5 Å². The molecule has 3 nitrogen and oxygen atoms in total. The highest BCUT2D eigenvalue weighted by Gasteiger charge is 2.02. The minimum Gasteiger partial charge on any atom is -0.491 e. The third-order valence-electron chi connectivity index (χ3n) is 2.77. The van der Waals surface area contributed by atoms with Crippen molar-refractivity contribution in [1.29, 1.82) is 0 Å². The van der Waals surface area contributed by atoms with Gasteiger partial charge in [-0.1, -0.05) is 25.5 Å². The Balaban J connectivity index is 2.33. The van der Waals surface area contributed by atoms with Crippen molar-refractivity contribution in [2.45, 2.75) is 39.3 Å². The maximum absolute atomic E-state index is 5.81. The first-order valence-corrected chi connectivity index (χ1v) is 6.71. The van der Waals surface area contributed by atoms with Gasteiger partial charge < -0.3 is 14.8 Å². The summed E-state index contributed by atoms with van der Waals surface area (Å²) in [5, 5.41) is 3.32. The van der Waals surface area contributed by atoms with Crippen LogP contribution in [0.2, 0.25) is 0 Å². The molecule has 1 aromatic rings. The quantitative estimate of drug-likeness (QED) is 0.684. The number of nitrogens with one attached hydrogen (secondary N) is 1. The number of hydrogen-bond donors (Lipinski definition) is 1. The lowest BCUT2D eigenvalue weighted by Gasteiger charge is -2.14. The maximum Gasteiger partial charge on any atom is 0.119 e. The molecule has 102 valence electrons. The summed E-state index contributed by atoms with van der Waals surface area (Å²) in [7, 11) is 1.71. The zero-order valence-electron chi connectivity index (χ0n) is 11.7. The van der Waals surface area contributed by atoms with Crippen LogP contribution in [0.15, 0.2) is 24.3 Å². The first-order chi connectivity index (χ1) is 8.76. The zero-order chi connectivity index (χ0) is 13.2. The van der Waals surface area contributed by atoms with Crippen LogP contribution in [0.5, 0.6) is 5.75 Å². The first kappa shape index (κ1) is 15.0. The Morgan fingerprint density at radius 2 is 1.94 bits per heavy atom. The van der Waals surface area contributed by atoms with Gasteiger partial charge in [-0.15, -0.1) is 0 Å². The summed E-state index contributed by atoms with van der Waals surface area (Å²) < 4.78 is 10.8. The number of rotatable bonds is 9. The molecule has 0 bridgehead atoms. The summed E-state index contributed by atoms with van der Waals surface area (Å²) in [6.45, 7) is 6.78. The van der Waals surface area contributed by atoms with Crippen molar-refractivity contribution < 1.29 is 9.47 Å². The summed E-state index contributed by atoms with van der Waals surface area (Å²) in [6.07, 6.45) is 2.55. The molecule has 0 aromatic heterocycles. The third kappa shape index (κ3) is 6.03. The summed E-state index contributed by atoms with van der Waals surface area (Å²) in [4.78, 5) is 0. The van der Waals surface area contributed by atoms with Crippen molar-refractivity contribution in [3.63, 3.8) is 0 Å². The van der Waals surface area contributed by atoms with Crippen molar-refractivity contribution in [1.82, 2.24) is 5.32 Å². The molecule has 1 rings (SSSR count). The molecule has 0 aliphatic carbocycles. The average Bonchev–Trinajstić information content (AvgIpc) is 2.37. The largest absolute Gasteiger partial charge is 0.491 e. The molecule has 0 fully saturated rings. The van der Waals surface area contributed by atoms with Crippen LogP contribution < -0.4 is 10.1 Å². The van der Waals surface area contributed by atoms with Crippen LogP contribution in [0, 0.1) is 0 Å². The smallest absolute Gasteiger partial charge is 0.119 e. The van der Waals surface area contributed by atoms with Gasteiger partial charge in [0, 0.05) is 20.2 Å². The average molecular weight is 251 g/mol. The van der Waals surface area contributed by atoms with E-state index in [4.69, 9.17) is 9.47 Å². The standard InChI is InChI=1S/C15H25NO2/c1-4-5-13(2)18-15-8-6-14(7-9-15)12-16-10-11-17-3/h6-9,13,16H,4-5,10-12H2,1-3H3. The van der Waals surface area contributed by atoms with E-state index in [0.717, 1.165) is 38.3 Å². The van der Waals surface area contributed by atoms with Gasteiger partial charge in [0.05, 0.1) is 12.7 Å². The van der Waals surface area contributed by atoms with Crippen LogP contribution in [0.4, 0.5) is 0 Å². The van der Waals surface area contributed by atoms with Crippen LogP contribution in [0.1, 0.15) is 32.3 Å². The van der Waals surface area contributed by atoms with E-state index < -0.39 is 0 Å². The van der Waals surface area contributed by atoms with E-state index in [1.165, 1.54) is 5.56 Å². The van der Waals surface area contributed by atoms with Crippen molar-refractivity contribution in [3.8, 4) is 5.75 Å². The highest BCUT2D eigenvalue weighted by atomic mass is 16.5. The van der Waals surface area contributed by atoms with E-state index in [1.54, 1.807) is 7.11 Å². The van der Waals surface area contributed by atoms with Crippen molar-refractivity contribution in [3.05, 3.63) is 29.8 Å². The van der Waals surface area contributed by atoms with E-state index in [0.29, 0.717) is 6.10 Å². The van der Waals surface area contributed by atoms with E-state index in [-0.39, 0.29) is 0 Å². The molecule has 0 aliphatic rings. The highest BCUT2D eigenvalue weighted by molar-refractivity contribution is 5.27. The van der Waals surface area contributed by atoms with Gasteiger partial charge in [-0.2, -0.15) is 0 Å². The fraction of sp³-hybridized carbons (Fsp3) is 0.600. The van der Waals surface area contributed by atoms with Crippen molar-refractivity contribution in [2.24, 2.45) is 0 Å². The second-order valence-corrected chi connectivity index (χ2v) is 4.53. The molecule has 1 atom stereocenters. The molecule has 1 unspecified atom stereocenters. The van der Waals surface area contributed by atoms with Gasteiger partial charge in [0.25, 0.3) is 0 Å². The normalized spacial score (nSPS) is 12.4. The second-order valence-electron chi connectivity index (χ2n) is 4.53. The Labute approximate surface area is 110 Å². The van der Waals surface area contributed by atoms with Gasteiger partial charge in [0.1, 0.15) is 5.75 Å². The fourth-order valence-corrected chi connectivity index (χ4v) is 1.79. The molecule has 0 spiro atoms. The van der Waals surface area contributed by atoms with Gasteiger partial charge >= 0.3 is 0 Å². The first-order valence-electron chi connectivity index (χ1n) is 6.71. The maximum atomic E-state index is 5.81. The van der Waals surface area contributed by atoms with Crippen LogP contribution in [-0.2, 0) is 11.3 Å². The predicted molar refractivity (Wildman–Crippen MR) is 75.0 cm³/mol. The molecule has 1 aromatic carbocycles. The lowest BCUT2D eigenvalue weighted by molar-refractivity contribution is 0.199. The molecule has 0 saturated carbocycles. The second kappa shape index (κ2) is 8.95. The van der Waals surface area contributed by atoms with Gasteiger partial charge in [-0.05, 0) is 31.0 Å². The van der Waals surface area contributed by atoms with E-state index in [2.05, 4.69) is 31.3 Å². The highest BCUT2D eigenvalue weighted by Crippen LogP contribution is 2.15. The fourth-order valence-electron chi connectivity index (χ4n) is 1.79. The summed E-state index contributed by atoms with van der Waals surface area (Å²) in [5.74, 6) is 0.955. The molecule has 0 heterocycles. The zero-order valence-corrected chi connectivity index (χ0v) is 11.7. The van der Waals surface area contributed by atoms with E-state index >= 15 is 0 Å². The van der Waals surface area contributed by atoms with Gasteiger partial charge in [-0.3, -0.25) is 0 Å². The Kier molecular flexibility index (Phi) is 7.46. The summed E-state index contributed by atoms with van der Waals surface area (Å²) in [6, 6.07) is 8.29. The minimum absolute atomic E-state index is 0.292. The molecule has 3 heteroatoms. The monoisotopic (exact) mass is 251 g/mol. The Morgan fingerprint density at radius 1 is 1.22 bits per heavy atom. The molecule has 1 N–H and O–H groups in total. The predicted octanol–water partition coefficient (Wildman–Crippen LogP) is 2.99. The van der Waals surface area contributed by atoms with E-state index in [9.17, 15) is 0 Å². The van der Waals surface area contributed by atoms with E-state index in [1.807, 2.05) is 12.1 Å². The number of hydrogen-bond acceptors (Lipinski definition) is 3. The molecule has 0 saturated heterocycles. The molecular weight excluding hydrogens is 226 g/mol. The van der Waals surface area contributed by atoms with Gasteiger partial charge in [-0.25, -0.2) is 0 Å². The van der Waals surface area contributed by atoms with Crippen molar-refractivity contribution >= 4 is 0 Å². The molecule has 0 amide bonds. The molecule has 18 heavy (non-hydrogen) atoms. The SMILES string of the molecule is CCCC(C)Oc1ccc(CNCCOC)cc1.